The van der Waals surface area contributed by atoms with Gasteiger partial charge in [0.25, 0.3) is 5.91 Å². The molecule has 0 bridgehead atoms. The number of aromatic nitrogens is 4. The third-order valence-electron chi connectivity index (χ3n) is 10.2. The number of Topliss-reactive ketones (excluding diaryl/α,β-unsaturated/α-hetero) is 1. The van der Waals surface area contributed by atoms with Crippen molar-refractivity contribution in [3.05, 3.63) is 87.8 Å². The van der Waals surface area contributed by atoms with E-state index in [1.165, 1.54) is 18.4 Å². The summed E-state index contributed by atoms with van der Waals surface area (Å²) in [6.45, 7) is 3.43. The van der Waals surface area contributed by atoms with Crippen LogP contribution in [0.4, 0.5) is 0 Å². The van der Waals surface area contributed by atoms with E-state index in [2.05, 4.69) is 55.7 Å². The van der Waals surface area contributed by atoms with Crippen LogP contribution >= 0.6 is 11.6 Å². The van der Waals surface area contributed by atoms with Gasteiger partial charge in [-0.2, -0.15) is 0 Å². The second kappa shape index (κ2) is 11.3. The van der Waals surface area contributed by atoms with Gasteiger partial charge >= 0.3 is 0 Å². The first kappa shape index (κ1) is 29.5. The second-order valence-electron chi connectivity index (χ2n) is 12.9. The molecule has 2 aromatic carbocycles. The summed E-state index contributed by atoms with van der Waals surface area (Å²) in [5.74, 6) is 1.09. The molecule has 230 valence electrons. The van der Waals surface area contributed by atoms with Crippen molar-refractivity contribution in [2.45, 2.75) is 70.3 Å². The Kier molecular flexibility index (Phi) is 7.40. The monoisotopic (exact) mass is 619 g/mol. The average molecular weight is 620 g/mol. The predicted molar refractivity (Wildman–Crippen MR) is 180 cm³/mol. The number of carbonyl (C=O) groups is 2. The van der Waals surface area contributed by atoms with Gasteiger partial charge in [0.2, 0.25) is 0 Å². The Morgan fingerprint density at radius 2 is 1.67 bits per heavy atom. The van der Waals surface area contributed by atoms with Crippen LogP contribution in [0.1, 0.15) is 91.9 Å². The van der Waals surface area contributed by atoms with Crippen molar-refractivity contribution in [2.24, 2.45) is 14.1 Å². The average Bonchev–Trinajstić information content (AvgIpc) is 3.72. The van der Waals surface area contributed by atoms with Crippen molar-refractivity contribution in [1.82, 2.24) is 24.4 Å². The molecule has 7 rings (SSSR count). The van der Waals surface area contributed by atoms with Crippen molar-refractivity contribution in [3.8, 4) is 11.5 Å². The number of allylic oxidation sites excluding steroid dienone is 1. The van der Waals surface area contributed by atoms with Crippen molar-refractivity contribution >= 4 is 51.2 Å². The predicted octanol–water partition coefficient (Wildman–Crippen LogP) is 8.24. The van der Waals surface area contributed by atoms with Gasteiger partial charge in [0.05, 0.1) is 16.3 Å². The maximum absolute atomic E-state index is 14.0. The number of rotatable bonds is 7. The smallest absolute Gasteiger partial charge is 0.252 e. The molecule has 0 radical (unpaired) electrons. The summed E-state index contributed by atoms with van der Waals surface area (Å²) in [5.41, 5.74) is 7.40. The van der Waals surface area contributed by atoms with E-state index in [1.54, 1.807) is 19.3 Å². The zero-order valence-corrected chi connectivity index (χ0v) is 27.0. The van der Waals surface area contributed by atoms with Crippen molar-refractivity contribution in [3.63, 3.8) is 0 Å². The fourth-order valence-electron chi connectivity index (χ4n) is 7.45. The summed E-state index contributed by atoms with van der Waals surface area (Å²) in [5, 5.41) is 6.25. The molecule has 8 heteroatoms. The molecule has 0 unspecified atom stereocenters. The van der Waals surface area contributed by atoms with Crippen LogP contribution in [0, 0.1) is 0 Å². The third-order valence-corrected chi connectivity index (χ3v) is 10.4. The molecule has 2 fully saturated rings. The lowest BCUT2D eigenvalue weighted by molar-refractivity contribution is -0.113. The van der Waals surface area contributed by atoms with Crippen LogP contribution in [-0.4, -0.2) is 30.8 Å². The van der Waals surface area contributed by atoms with Crippen molar-refractivity contribution < 1.29 is 9.59 Å². The lowest BCUT2D eigenvalue weighted by Gasteiger charge is -2.43. The largest absolute Gasteiger partial charge is 0.346 e. The highest BCUT2D eigenvalue weighted by Crippen LogP contribution is 2.45. The van der Waals surface area contributed by atoms with Crippen LogP contribution in [-0.2, 0) is 24.4 Å². The molecule has 3 aromatic heterocycles. The fourth-order valence-corrected chi connectivity index (χ4v) is 7.55. The highest BCUT2D eigenvalue weighted by atomic mass is 35.5. The van der Waals surface area contributed by atoms with Gasteiger partial charge in [0, 0.05) is 54.2 Å². The maximum Gasteiger partial charge on any atom is 0.252 e. The summed E-state index contributed by atoms with van der Waals surface area (Å²) in [6, 6.07) is 14.6. The lowest BCUT2D eigenvalue weighted by Crippen LogP contribution is -2.51. The number of aryl methyl sites for hydroxylation is 2. The van der Waals surface area contributed by atoms with E-state index in [9.17, 15) is 9.59 Å². The molecule has 1 N–H and O–H groups in total. The first-order valence-electron chi connectivity index (χ1n) is 15.9. The van der Waals surface area contributed by atoms with Crippen molar-refractivity contribution in [1.29, 1.82) is 0 Å². The van der Waals surface area contributed by atoms with Crippen LogP contribution in [0.3, 0.4) is 0 Å². The number of ketones is 1. The summed E-state index contributed by atoms with van der Waals surface area (Å²) >= 11 is 6.13. The molecule has 3 heterocycles. The Bertz CT molecular complexity index is 2010. The normalized spacial score (nSPS) is 16.8. The zero-order valence-electron chi connectivity index (χ0n) is 26.3. The first-order chi connectivity index (χ1) is 21.6. The summed E-state index contributed by atoms with van der Waals surface area (Å²) in [6.07, 6.45) is 12.8. The molecule has 5 aromatic rings. The van der Waals surface area contributed by atoms with Crippen molar-refractivity contribution in [2.75, 3.05) is 0 Å². The fraction of sp³-hybridized carbons (Fsp3) is 0.351. The van der Waals surface area contributed by atoms with Gasteiger partial charge in [-0.05, 0) is 104 Å². The molecule has 1 amide bonds. The number of carbonyl (C=O) groups excluding carboxylic acids is 2. The Hall–Kier alpha value is -4.23. The first-order valence-corrected chi connectivity index (χ1v) is 16.2. The minimum Gasteiger partial charge on any atom is -0.346 e. The SMILES string of the molecule is CC(=O)/C(C)=C/c1ccc2cc(C3(NC(=O)c4ccc5c(C6CCCC6)c(-c6ncc(Cl)cn6)n(C)c5c4)CCC3)n(C)c2c1. The van der Waals surface area contributed by atoms with Crippen LogP contribution in [0.25, 0.3) is 39.4 Å². The number of nitrogens with one attached hydrogen (secondary N) is 1. The van der Waals surface area contributed by atoms with Crippen LogP contribution in [0.15, 0.2) is 60.4 Å². The molecule has 0 atom stereocenters. The Morgan fingerprint density at radius 1 is 0.933 bits per heavy atom. The van der Waals surface area contributed by atoms with E-state index in [-0.39, 0.29) is 11.7 Å². The summed E-state index contributed by atoms with van der Waals surface area (Å²) in [4.78, 5) is 35.0. The van der Waals surface area contributed by atoms with Gasteiger partial charge in [0.15, 0.2) is 11.6 Å². The Balaban J connectivity index is 1.24. The van der Waals surface area contributed by atoms with Gasteiger partial charge in [-0.1, -0.05) is 42.6 Å². The molecule has 0 aliphatic heterocycles. The van der Waals surface area contributed by atoms with E-state index < -0.39 is 5.54 Å². The molecular weight excluding hydrogens is 582 g/mol. The minimum atomic E-state index is -0.434. The quantitative estimate of drug-likeness (QED) is 0.186. The van der Waals surface area contributed by atoms with E-state index in [0.29, 0.717) is 22.3 Å². The van der Waals surface area contributed by atoms with E-state index in [1.807, 2.05) is 38.2 Å². The number of hydrogen-bond acceptors (Lipinski definition) is 4. The van der Waals surface area contributed by atoms with Gasteiger partial charge < -0.3 is 14.5 Å². The van der Waals surface area contributed by atoms with E-state index in [0.717, 1.165) is 76.4 Å². The van der Waals surface area contributed by atoms with Gasteiger partial charge in [-0.15, -0.1) is 0 Å². The van der Waals surface area contributed by atoms with Gasteiger partial charge in [-0.25, -0.2) is 9.97 Å². The number of halogens is 1. The van der Waals surface area contributed by atoms with E-state index >= 15 is 0 Å². The minimum absolute atomic E-state index is 0.0663. The molecule has 0 spiro atoms. The zero-order chi connectivity index (χ0) is 31.5. The van der Waals surface area contributed by atoms with Gasteiger partial charge in [-0.3, -0.25) is 9.59 Å². The van der Waals surface area contributed by atoms with Gasteiger partial charge in [0.1, 0.15) is 0 Å². The third kappa shape index (κ3) is 5.07. The maximum atomic E-state index is 14.0. The second-order valence-corrected chi connectivity index (χ2v) is 13.4. The van der Waals surface area contributed by atoms with Crippen LogP contribution in [0.5, 0.6) is 0 Å². The lowest BCUT2D eigenvalue weighted by atomic mass is 9.74. The molecular formula is C37H38ClN5O2. The number of amides is 1. The van der Waals surface area contributed by atoms with E-state index in [4.69, 9.17) is 11.6 Å². The number of nitrogens with zero attached hydrogens (tertiary/aromatic N) is 4. The Morgan fingerprint density at radius 3 is 2.33 bits per heavy atom. The number of hydrogen-bond donors (Lipinski definition) is 1. The molecule has 7 nitrogen and oxygen atoms in total. The van der Waals surface area contributed by atoms with Crippen LogP contribution < -0.4 is 5.32 Å². The highest BCUT2D eigenvalue weighted by Gasteiger charge is 2.42. The molecule has 2 aliphatic rings. The Labute approximate surface area is 268 Å². The summed E-state index contributed by atoms with van der Waals surface area (Å²) < 4.78 is 4.34. The molecule has 45 heavy (non-hydrogen) atoms. The standard InChI is InChI=1S/C37H38ClN5O2/c1-22(23(2)44)16-24-10-11-26-19-32(42(3)30(26)17-24)37(14-7-15-37)41-36(45)27-12-13-29-31(18-27)43(4)34(33(29)25-8-5-6-9-25)35-39-20-28(38)21-40-35/h10-13,16-21,25H,5-9,14-15H2,1-4H3,(H,41,45)/b22-16+. The molecule has 0 saturated heterocycles. The molecule has 2 saturated carbocycles. The molecule has 2 aliphatic carbocycles. The highest BCUT2D eigenvalue weighted by molar-refractivity contribution is 6.30. The number of fused-ring (bicyclic) bond motifs is 2. The number of benzene rings is 2. The topological polar surface area (TPSA) is 81.8 Å². The summed E-state index contributed by atoms with van der Waals surface area (Å²) in [7, 11) is 4.11. The van der Waals surface area contributed by atoms with Crippen LogP contribution in [0.2, 0.25) is 5.02 Å².